The van der Waals surface area contributed by atoms with Crippen molar-refractivity contribution in [3.05, 3.63) is 65.9 Å². The van der Waals surface area contributed by atoms with Crippen LogP contribution in [0.5, 0.6) is 5.88 Å². The van der Waals surface area contributed by atoms with Crippen LogP contribution in [0, 0.1) is 0 Å². The molecule has 0 spiro atoms. The molecule has 8 heteroatoms. The van der Waals surface area contributed by atoms with E-state index in [-0.39, 0.29) is 31.2 Å². The second-order valence-corrected chi connectivity index (χ2v) is 7.91. The highest BCUT2D eigenvalue weighted by Gasteiger charge is 2.26. The Morgan fingerprint density at radius 3 is 2.58 bits per heavy atom. The SMILES string of the molecule is CCOC(=O)c1cc2cccnc2nc1OC1CCC(NC(=O)OCc2ccccc2)CC1. The number of hydrogen-bond donors (Lipinski definition) is 1. The maximum Gasteiger partial charge on any atom is 0.407 e. The van der Waals surface area contributed by atoms with E-state index in [1.165, 1.54) is 0 Å². The van der Waals surface area contributed by atoms with Crippen molar-refractivity contribution in [2.24, 2.45) is 0 Å². The van der Waals surface area contributed by atoms with E-state index in [1.54, 1.807) is 25.3 Å². The van der Waals surface area contributed by atoms with E-state index in [0.29, 0.717) is 24.1 Å². The highest BCUT2D eigenvalue weighted by molar-refractivity contribution is 5.95. The fraction of sp³-hybridized carbons (Fsp3) is 0.360. The van der Waals surface area contributed by atoms with Gasteiger partial charge in [-0.25, -0.2) is 14.6 Å². The maximum atomic E-state index is 12.5. The minimum Gasteiger partial charge on any atom is -0.474 e. The smallest absolute Gasteiger partial charge is 0.407 e. The van der Waals surface area contributed by atoms with E-state index in [9.17, 15) is 9.59 Å². The lowest BCUT2D eigenvalue weighted by Crippen LogP contribution is -2.40. The number of aromatic nitrogens is 2. The van der Waals surface area contributed by atoms with Gasteiger partial charge in [0, 0.05) is 17.6 Å². The summed E-state index contributed by atoms with van der Waals surface area (Å²) in [7, 11) is 0. The van der Waals surface area contributed by atoms with Crippen molar-refractivity contribution in [2.45, 2.75) is 51.4 Å². The number of ether oxygens (including phenoxy) is 3. The molecule has 3 aromatic rings. The number of alkyl carbamates (subject to hydrolysis) is 1. The first kappa shape index (κ1) is 22.5. The number of amides is 1. The quantitative estimate of drug-likeness (QED) is 0.533. The van der Waals surface area contributed by atoms with Gasteiger partial charge in [0.2, 0.25) is 5.88 Å². The molecule has 8 nitrogen and oxygen atoms in total. The van der Waals surface area contributed by atoms with Crippen LogP contribution in [0.1, 0.15) is 48.5 Å². The van der Waals surface area contributed by atoms with Crippen molar-refractivity contribution in [1.82, 2.24) is 15.3 Å². The van der Waals surface area contributed by atoms with Crippen LogP contribution < -0.4 is 10.1 Å². The Hall–Kier alpha value is -3.68. The van der Waals surface area contributed by atoms with E-state index in [0.717, 1.165) is 23.8 Å². The van der Waals surface area contributed by atoms with Crippen molar-refractivity contribution in [3.8, 4) is 5.88 Å². The Morgan fingerprint density at radius 2 is 1.82 bits per heavy atom. The Bertz CT molecular complexity index is 1100. The molecule has 0 radical (unpaired) electrons. The van der Waals surface area contributed by atoms with Crippen LogP contribution >= 0.6 is 0 Å². The number of carbonyl (C=O) groups is 2. The van der Waals surface area contributed by atoms with Crippen LogP contribution in [0.2, 0.25) is 0 Å². The number of rotatable bonds is 7. The zero-order chi connectivity index (χ0) is 23.0. The molecule has 0 bridgehead atoms. The summed E-state index contributed by atoms with van der Waals surface area (Å²) >= 11 is 0. The standard InChI is InChI=1S/C25H27N3O5/c1-2-31-24(29)21-15-18-9-6-14-26-22(18)28-23(21)33-20-12-10-19(11-13-20)27-25(30)32-16-17-7-4-3-5-8-17/h3-9,14-15,19-20H,2,10-13,16H2,1H3,(H,27,30). The number of esters is 1. The van der Waals surface area contributed by atoms with E-state index < -0.39 is 12.1 Å². The molecule has 1 saturated carbocycles. The molecule has 1 fully saturated rings. The van der Waals surface area contributed by atoms with Gasteiger partial charge >= 0.3 is 12.1 Å². The average Bonchev–Trinajstić information content (AvgIpc) is 2.84. The second kappa shape index (κ2) is 10.8. The molecule has 4 rings (SSSR count). The van der Waals surface area contributed by atoms with Crippen LogP contribution in [0.3, 0.4) is 0 Å². The normalized spacial score (nSPS) is 17.8. The Kier molecular flexibility index (Phi) is 7.34. The van der Waals surface area contributed by atoms with Crippen molar-refractivity contribution in [3.63, 3.8) is 0 Å². The molecule has 1 N–H and O–H groups in total. The Labute approximate surface area is 192 Å². The summed E-state index contributed by atoms with van der Waals surface area (Å²) in [5.74, 6) is -0.236. The molecule has 2 aromatic heterocycles. The van der Waals surface area contributed by atoms with Crippen molar-refractivity contribution < 1.29 is 23.8 Å². The van der Waals surface area contributed by atoms with Gasteiger partial charge in [-0.1, -0.05) is 30.3 Å². The van der Waals surface area contributed by atoms with Gasteiger partial charge < -0.3 is 19.5 Å². The lowest BCUT2D eigenvalue weighted by atomic mass is 9.93. The number of pyridine rings is 2. The van der Waals surface area contributed by atoms with E-state index in [4.69, 9.17) is 14.2 Å². The lowest BCUT2D eigenvalue weighted by molar-refractivity contribution is 0.0513. The summed E-state index contributed by atoms with van der Waals surface area (Å²) in [6.07, 6.45) is 4.02. The van der Waals surface area contributed by atoms with Gasteiger partial charge in [0.15, 0.2) is 5.65 Å². The fourth-order valence-electron chi connectivity index (χ4n) is 3.85. The van der Waals surface area contributed by atoms with Gasteiger partial charge in [-0.3, -0.25) is 0 Å². The predicted molar refractivity (Wildman–Crippen MR) is 122 cm³/mol. The highest BCUT2D eigenvalue weighted by atomic mass is 16.5. The molecule has 0 aliphatic heterocycles. The average molecular weight is 450 g/mol. The first-order chi connectivity index (χ1) is 16.1. The summed E-state index contributed by atoms with van der Waals surface area (Å²) in [5, 5.41) is 3.67. The third-order valence-corrected chi connectivity index (χ3v) is 5.54. The molecule has 172 valence electrons. The molecule has 0 saturated heterocycles. The molecule has 2 heterocycles. The van der Waals surface area contributed by atoms with Crippen LogP contribution in [-0.2, 0) is 16.1 Å². The number of carbonyl (C=O) groups excluding carboxylic acids is 2. The molecular formula is C25H27N3O5. The van der Waals surface area contributed by atoms with Crippen molar-refractivity contribution in [2.75, 3.05) is 6.61 Å². The zero-order valence-electron chi connectivity index (χ0n) is 18.5. The van der Waals surface area contributed by atoms with Crippen LogP contribution in [0.4, 0.5) is 4.79 Å². The summed E-state index contributed by atoms with van der Waals surface area (Å²) in [6.45, 7) is 2.26. The van der Waals surface area contributed by atoms with Crippen LogP contribution in [0.25, 0.3) is 11.0 Å². The van der Waals surface area contributed by atoms with Crippen LogP contribution in [0.15, 0.2) is 54.7 Å². The van der Waals surface area contributed by atoms with Gasteiger partial charge in [-0.15, -0.1) is 0 Å². The monoisotopic (exact) mass is 449 g/mol. The third-order valence-electron chi connectivity index (χ3n) is 5.54. The van der Waals surface area contributed by atoms with E-state index in [1.807, 2.05) is 36.4 Å². The van der Waals surface area contributed by atoms with E-state index in [2.05, 4.69) is 15.3 Å². The number of hydrogen-bond acceptors (Lipinski definition) is 7. The van der Waals surface area contributed by atoms with E-state index >= 15 is 0 Å². The molecule has 1 amide bonds. The summed E-state index contributed by atoms with van der Waals surface area (Å²) < 4.78 is 16.6. The molecule has 1 aromatic carbocycles. The van der Waals surface area contributed by atoms with Crippen molar-refractivity contribution in [1.29, 1.82) is 0 Å². The van der Waals surface area contributed by atoms with Crippen molar-refractivity contribution >= 4 is 23.1 Å². The number of nitrogens with zero attached hydrogens (tertiary/aromatic N) is 2. The number of nitrogens with one attached hydrogen (secondary N) is 1. The van der Waals surface area contributed by atoms with Gasteiger partial charge in [0.05, 0.1) is 6.61 Å². The molecule has 1 aliphatic carbocycles. The summed E-state index contributed by atoms with van der Waals surface area (Å²) in [4.78, 5) is 33.3. The highest BCUT2D eigenvalue weighted by Crippen LogP contribution is 2.28. The lowest BCUT2D eigenvalue weighted by Gasteiger charge is -2.29. The molecule has 0 atom stereocenters. The minimum atomic E-state index is -0.470. The maximum absolute atomic E-state index is 12.5. The van der Waals surface area contributed by atoms with Crippen LogP contribution in [-0.4, -0.2) is 40.8 Å². The zero-order valence-corrected chi connectivity index (χ0v) is 18.5. The summed E-state index contributed by atoms with van der Waals surface area (Å²) in [6, 6.07) is 14.9. The third kappa shape index (κ3) is 5.97. The molecule has 1 aliphatic rings. The topological polar surface area (TPSA) is 99.6 Å². The number of benzene rings is 1. The predicted octanol–water partition coefficient (Wildman–Crippen LogP) is 4.42. The fourth-order valence-corrected chi connectivity index (χ4v) is 3.85. The van der Waals surface area contributed by atoms with Gasteiger partial charge in [-0.2, -0.15) is 4.98 Å². The van der Waals surface area contributed by atoms with Gasteiger partial charge in [-0.05, 0) is 56.4 Å². The minimum absolute atomic E-state index is 0.0175. The molecule has 0 unspecified atom stereocenters. The second-order valence-electron chi connectivity index (χ2n) is 7.91. The first-order valence-corrected chi connectivity index (χ1v) is 11.2. The largest absolute Gasteiger partial charge is 0.474 e. The summed E-state index contributed by atoms with van der Waals surface area (Å²) in [5.41, 5.74) is 1.75. The Morgan fingerprint density at radius 1 is 1.03 bits per heavy atom. The first-order valence-electron chi connectivity index (χ1n) is 11.2. The van der Waals surface area contributed by atoms with Gasteiger partial charge in [0.25, 0.3) is 0 Å². The molecule has 33 heavy (non-hydrogen) atoms. The molecular weight excluding hydrogens is 422 g/mol. The van der Waals surface area contributed by atoms with Gasteiger partial charge in [0.1, 0.15) is 18.3 Å². The Balaban J connectivity index is 1.33. The number of fused-ring (bicyclic) bond motifs is 1.